The Morgan fingerprint density at radius 2 is 2.00 bits per heavy atom. The highest BCUT2D eigenvalue weighted by Gasteiger charge is 2.41. The topological polar surface area (TPSA) is 66.2 Å². The van der Waals surface area contributed by atoms with Crippen molar-refractivity contribution in [3.8, 4) is 0 Å². The van der Waals surface area contributed by atoms with Crippen molar-refractivity contribution in [3.63, 3.8) is 0 Å². The van der Waals surface area contributed by atoms with E-state index in [9.17, 15) is 4.79 Å². The van der Waals surface area contributed by atoms with E-state index in [-0.39, 0.29) is 11.6 Å². The molecule has 0 aliphatic heterocycles. The summed E-state index contributed by atoms with van der Waals surface area (Å²) in [6.07, 6.45) is 4.02. The minimum atomic E-state index is -0.475. The highest BCUT2D eigenvalue weighted by molar-refractivity contribution is 5.82. The van der Waals surface area contributed by atoms with Crippen molar-refractivity contribution in [2.45, 2.75) is 58.2 Å². The molecule has 5 heteroatoms. The van der Waals surface area contributed by atoms with Crippen molar-refractivity contribution >= 4 is 17.0 Å². The van der Waals surface area contributed by atoms with Crippen LogP contribution in [0.1, 0.15) is 46.1 Å². The van der Waals surface area contributed by atoms with E-state index < -0.39 is 5.60 Å². The lowest BCUT2D eigenvalue weighted by Gasteiger charge is -2.32. The standard InChI is InChI=1S/C20H29N3O2/c1-19(2,3)25-18(24)22-13-20(4,16-8-9-16)23-12-15-7-5-6-14-10-11-21-17(14)15/h5-7,10-11,16,21,23H,8-9,12-13H2,1-4H3,(H,22,24). The van der Waals surface area contributed by atoms with Crippen LogP contribution in [0, 0.1) is 5.92 Å². The molecule has 3 rings (SSSR count). The van der Waals surface area contributed by atoms with Gasteiger partial charge in [0.05, 0.1) is 0 Å². The van der Waals surface area contributed by atoms with E-state index in [0.29, 0.717) is 12.5 Å². The van der Waals surface area contributed by atoms with Crippen LogP contribution in [0.5, 0.6) is 0 Å². The number of benzene rings is 1. The summed E-state index contributed by atoms with van der Waals surface area (Å²) in [5.74, 6) is 0.588. The number of para-hydroxylation sites is 1. The van der Waals surface area contributed by atoms with E-state index in [2.05, 4.69) is 46.8 Å². The number of amides is 1. The molecule has 1 unspecified atom stereocenters. The fourth-order valence-electron chi connectivity index (χ4n) is 3.24. The van der Waals surface area contributed by atoms with Gasteiger partial charge in [-0.1, -0.05) is 18.2 Å². The maximum absolute atomic E-state index is 12.0. The number of H-pyrrole nitrogens is 1. The third-order valence-electron chi connectivity index (χ3n) is 4.83. The first-order chi connectivity index (χ1) is 11.8. The van der Waals surface area contributed by atoms with Gasteiger partial charge >= 0.3 is 6.09 Å². The maximum atomic E-state index is 12.0. The van der Waals surface area contributed by atoms with E-state index in [1.807, 2.05) is 27.0 Å². The fraction of sp³-hybridized carbons (Fsp3) is 0.550. The van der Waals surface area contributed by atoms with E-state index in [0.717, 1.165) is 6.54 Å². The SMILES string of the molecule is CC(C)(C)OC(=O)NCC(C)(NCc1cccc2cc[nH]c12)C1CC1. The van der Waals surface area contributed by atoms with E-state index in [1.165, 1.54) is 29.3 Å². The van der Waals surface area contributed by atoms with Crippen LogP contribution in [0.25, 0.3) is 10.9 Å². The van der Waals surface area contributed by atoms with Gasteiger partial charge in [-0.05, 0) is 63.5 Å². The predicted molar refractivity (Wildman–Crippen MR) is 101 cm³/mol. The molecule has 0 bridgehead atoms. The predicted octanol–water partition coefficient (Wildman–Crippen LogP) is 3.95. The Kier molecular flexibility index (Phi) is 4.78. The Morgan fingerprint density at radius 1 is 1.24 bits per heavy atom. The number of ether oxygens (including phenoxy) is 1. The first kappa shape index (κ1) is 17.8. The quantitative estimate of drug-likeness (QED) is 0.744. The Balaban J connectivity index is 1.63. The number of carbonyl (C=O) groups is 1. The second-order valence-electron chi connectivity index (χ2n) is 8.26. The molecule has 1 aliphatic carbocycles. The van der Waals surface area contributed by atoms with Gasteiger partial charge in [0, 0.05) is 30.3 Å². The number of nitrogens with one attached hydrogen (secondary N) is 3. The summed E-state index contributed by atoms with van der Waals surface area (Å²) in [5, 5.41) is 7.84. The second kappa shape index (κ2) is 6.71. The molecular weight excluding hydrogens is 314 g/mol. The molecule has 25 heavy (non-hydrogen) atoms. The van der Waals surface area contributed by atoms with Crippen LogP contribution >= 0.6 is 0 Å². The normalized spacial score (nSPS) is 17.3. The lowest BCUT2D eigenvalue weighted by molar-refractivity contribution is 0.0507. The minimum absolute atomic E-state index is 0.133. The Bertz CT molecular complexity index is 743. The zero-order valence-electron chi connectivity index (χ0n) is 15.6. The van der Waals surface area contributed by atoms with Gasteiger partial charge in [0.15, 0.2) is 0 Å². The van der Waals surface area contributed by atoms with Gasteiger partial charge in [-0.15, -0.1) is 0 Å². The summed E-state index contributed by atoms with van der Waals surface area (Å²) in [5.41, 5.74) is 1.81. The van der Waals surface area contributed by atoms with Gasteiger partial charge in [0.2, 0.25) is 0 Å². The first-order valence-electron chi connectivity index (χ1n) is 9.04. The number of hydrogen-bond donors (Lipinski definition) is 3. The van der Waals surface area contributed by atoms with E-state index in [4.69, 9.17) is 4.74 Å². The summed E-state index contributed by atoms with van der Waals surface area (Å²) in [6, 6.07) is 8.42. The molecule has 1 atom stereocenters. The summed E-state index contributed by atoms with van der Waals surface area (Å²) in [6.45, 7) is 9.15. The number of hydrogen-bond acceptors (Lipinski definition) is 3. The monoisotopic (exact) mass is 343 g/mol. The number of carbonyl (C=O) groups excluding carboxylic acids is 1. The number of aromatic nitrogens is 1. The van der Waals surface area contributed by atoms with E-state index in [1.54, 1.807) is 0 Å². The Morgan fingerprint density at radius 3 is 2.68 bits per heavy atom. The van der Waals surface area contributed by atoms with Crippen molar-refractivity contribution in [3.05, 3.63) is 36.0 Å². The number of rotatable bonds is 6. The highest BCUT2D eigenvalue weighted by atomic mass is 16.6. The number of aromatic amines is 1. The molecule has 136 valence electrons. The molecule has 1 fully saturated rings. The second-order valence-corrected chi connectivity index (χ2v) is 8.26. The van der Waals surface area contributed by atoms with Crippen LogP contribution in [-0.4, -0.2) is 28.8 Å². The molecule has 5 nitrogen and oxygen atoms in total. The minimum Gasteiger partial charge on any atom is -0.444 e. The lowest BCUT2D eigenvalue weighted by Crippen LogP contribution is -2.53. The van der Waals surface area contributed by atoms with Gasteiger partial charge in [-0.2, -0.15) is 0 Å². The molecule has 0 spiro atoms. The number of fused-ring (bicyclic) bond motifs is 1. The summed E-state index contributed by atoms with van der Waals surface area (Å²) in [7, 11) is 0. The van der Waals surface area contributed by atoms with Crippen LogP contribution in [0.3, 0.4) is 0 Å². The zero-order valence-corrected chi connectivity index (χ0v) is 15.6. The molecule has 1 amide bonds. The first-order valence-corrected chi connectivity index (χ1v) is 9.04. The van der Waals surface area contributed by atoms with Crippen molar-refractivity contribution in [1.82, 2.24) is 15.6 Å². The smallest absolute Gasteiger partial charge is 0.407 e. The molecular formula is C20H29N3O2. The Hall–Kier alpha value is -2.01. The lowest BCUT2D eigenvalue weighted by atomic mass is 9.95. The van der Waals surface area contributed by atoms with Crippen LogP contribution in [0.15, 0.2) is 30.5 Å². The third-order valence-corrected chi connectivity index (χ3v) is 4.83. The maximum Gasteiger partial charge on any atom is 0.407 e. The van der Waals surface area contributed by atoms with Crippen molar-refractivity contribution < 1.29 is 9.53 Å². The van der Waals surface area contributed by atoms with E-state index >= 15 is 0 Å². The average Bonchev–Trinajstić information content (AvgIpc) is 3.28. The van der Waals surface area contributed by atoms with Crippen LogP contribution < -0.4 is 10.6 Å². The van der Waals surface area contributed by atoms with Gasteiger partial charge in [-0.3, -0.25) is 0 Å². The average molecular weight is 343 g/mol. The van der Waals surface area contributed by atoms with Gasteiger partial charge < -0.3 is 20.4 Å². The molecule has 1 aromatic heterocycles. The molecule has 3 N–H and O–H groups in total. The molecule has 0 saturated heterocycles. The van der Waals surface area contributed by atoms with Crippen molar-refractivity contribution in [2.75, 3.05) is 6.54 Å². The Labute approximate surface area is 149 Å². The van der Waals surface area contributed by atoms with Gasteiger partial charge in [0.1, 0.15) is 5.60 Å². The van der Waals surface area contributed by atoms with Gasteiger partial charge in [0.25, 0.3) is 0 Å². The third kappa shape index (κ3) is 4.54. The molecule has 1 aromatic carbocycles. The molecule has 2 aromatic rings. The molecule has 1 aliphatic rings. The van der Waals surface area contributed by atoms with Crippen molar-refractivity contribution in [2.24, 2.45) is 5.92 Å². The fourth-order valence-corrected chi connectivity index (χ4v) is 3.24. The van der Waals surface area contributed by atoms with Gasteiger partial charge in [-0.25, -0.2) is 4.79 Å². The largest absolute Gasteiger partial charge is 0.444 e. The summed E-state index contributed by atoms with van der Waals surface area (Å²) >= 11 is 0. The number of alkyl carbamates (subject to hydrolysis) is 1. The van der Waals surface area contributed by atoms with Crippen LogP contribution in [0.2, 0.25) is 0 Å². The molecule has 1 heterocycles. The molecule has 0 radical (unpaired) electrons. The van der Waals surface area contributed by atoms with Crippen LogP contribution in [-0.2, 0) is 11.3 Å². The van der Waals surface area contributed by atoms with Crippen LogP contribution in [0.4, 0.5) is 4.79 Å². The molecule has 1 saturated carbocycles. The summed E-state index contributed by atoms with van der Waals surface area (Å²) in [4.78, 5) is 15.3. The zero-order chi connectivity index (χ0) is 18.1. The summed E-state index contributed by atoms with van der Waals surface area (Å²) < 4.78 is 5.36. The van der Waals surface area contributed by atoms with Crippen molar-refractivity contribution in [1.29, 1.82) is 0 Å². The highest BCUT2D eigenvalue weighted by Crippen LogP contribution is 2.39.